The Labute approximate surface area is 132 Å². The van der Waals surface area contributed by atoms with Gasteiger partial charge < -0.3 is 15.8 Å². The summed E-state index contributed by atoms with van der Waals surface area (Å²) in [6, 6.07) is 7.07. The molecule has 0 radical (unpaired) electrons. The molecule has 0 saturated carbocycles. The van der Waals surface area contributed by atoms with Gasteiger partial charge in [0, 0.05) is 12.1 Å². The van der Waals surface area contributed by atoms with Crippen molar-refractivity contribution in [1.29, 1.82) is 0 Å². The maximum Gasteiger partial charge on any atom is 0.257 e. The lowest BCUT2D eigenvalue weighted by atomic mass is 10.1. The van der Waals surface area contributed by atoms with Crippen LogP contribution in [0.15, 0.2) is 24.3 Å². The van der Waals surface area contributed by atoms with Gasteiger partial charge in [0.1, 0.15) is 10.7 Å². The van der Waals surface area contributed by atoms with Crippen molar-refractivity contribution in [3.05, 3.63) is 29.8 Å². The molecular formula is C16H24N2O2S. The van der Waals surface area contributed by atoms with E-state index in [9.17, 15) is 4.79 Å². The number of amides is 1. The van der Waals surface area contributed by atoms with E-state index in [0.29, 0.717) is 23.2 Å². The maximum atomic E-state index is 11.6. The molecular weight excluding hydrogens is 284 g/mol. The number of hydrogen-bond acceptors (Lipinski definition) is 3. The summed E-state index contributed by atoms with van der Waals surface area (Å²) < 4.78 is 5.40. The largest absolute Gasteiger partial charge is 0.484 e. The van der Waals surface area contributed by atoms with Crippen molar-refractivity contribution >= 4 is 23.1 Å². The summed E-state index contributed by atoms with van der Waals surface area (Å²) in [7, 11) is 0. The Morgan fingerprint density at radius 1 is 1.29 bits per heavy atom. The molecule has 21 heavy (non-hydrogen) atoms. The summed E-state index contributed by atoms with van der Waals surface area (Å²) in [6.07, 6.45) is 3.34. The lowest BCUT2D eigenvalue weighted by molar-refractivity contribution is -0.123. The lowest BCUT2D eigenvalue weighted by Gasteiger charge is -2.08. The topological polar surface area (TPSA) is 64.3 Å². The van der Waals surface area contributed by atoms with Crippen LogP contribution in [0, 0.1) is 5.92 Å². The second-order valence-corrected chi connectivity index (χ2v) is 5.86. The zero-order valence-corrected chi connectivity index (χ0v) is 13.5. The second kappa shape index (κ2) is 9.34. The van der Waals surface area contributed by atoms with E-state index in [1.165, 1.54) is 6.42 Å². The van der Waals surface area contributed by atoms with Gasteiger partial charge in [-0.2, -0.15) is 0 Å². The van der Waals surface area contributed by atoms with Crippen molar-refractivity contribution in [3.8, 4) is 5.75 Å². The number of hydrogen-bond donors (Lipinski definition) is 2. The molecule has 0 fully saturated rings. The van der Waals surface area contributed by atoms with Gasteiger partial charge >= 0.3 is 0 Å². The molecule has 1 aromatic carbocycles. The lowest BCUT2D eigenvalue weighted by Crippen LogP contribution is -2.29. The number of carbonyl (C=O) groups is 1. The van der Waals surface area contributed by atoms with Gasteiger partial charge in [0.2, 0.25) is 0 Å². The summed E-state index contributed by atoms with van der Waals surface area (Å²) in [5, 5.41) is 2.85. The van der Waals surface area contributed by atoms with Crippen LogP contribution in [0.25, 0.3) is 0 Å². The normalized spacial score (nSPS) is 10.4. The monoisotopic (exact) mass is 308 g/mol. The third kappa shape index (κ3) is 7.66. The van der Waals surface area contributed by atoms with Crippen LogP contribution in [0.1, 0.15) is 38.7 Å². The Kier molecular flexibility index (Phi) is 7.75. The summed E-state index contributed by atoms with van der Waals surface area (Å²) in [4.78, 5) is 12.0. The maximum absolute atomic E-state index is 11.6. The Hall–Kier alpha value is -1.62. The molecule has 0 bridgehead atoms. The van der Waals surface area contributed by atoms with Crippen molar-refractivity contribution < 1.29 is 9.53 Å². The number of ether oxygens (including phenoxy) is 1. The standard InChI is InChI=1S/C16H24N2O2S/c1-12(2)5-3-4-10-18-15(19)11-20-14-8-6-13(7-9-14)16(17)21/h6-9,12H,3-5,10-11H2,1-2H3,(H2,17,21)(H,18,19). The molecule has 0 aliphatic heterocycles. The van der Waals surface area contributed by atoms with Crippen LogP contribution in [0.2, 0.25) is 0 Å². The number of unbranched alkanes of at least 4 members (excludes halogenated alkanes) is 1. The quantitative estimate of drug-likeness (QED) is 0.544. The van der Waals surface area contributed by atoms with Crippen LogP contribution in [0.4, 0.5) is 0 Å². The first kappa shape index (κ1) is 17.4. The molecule has 0 unspecified atom stereocenters. The van der Waals surface area contributed by atoms with Gasteiger partial charge in [-0.05, 0) is 36.6 Å². The zero-order chi connectivity index (χ0) is 15.7. The van der Waals surface area contributed by atoms with Crippen LogP contribution in [0.3, 0.4) is 0 Å². The molecule has 1 rings (SSSR count). The van der Waals surface area contributed by atoms with Crippen molar-refractivity contribution in [1.82, 2.24) is 5.32 Å². The molecule has 1 aromatic rings. The third-order valence-corrected chi connectivity index (χ3v) is 3.27. The molecule has 0 spiro atoms. The van der Waals surface area contributed by atoms with Crippen molar-refractivity contribution in [2.45, 2.75) is 33.1 Å². The predicted molar refractivity (Wildman–Crippen MR) is 89.5 cm³/mol. The molecule has 0 atom stereocenters. The third-order valence-electron chi connectivity index (χ3n) is 3.04. The second-order valence-electron chi connectivity index (χ2n) is 5.42. The highest BCUT2D eigenvalue weighted by Crippen LogP contribution is 2.12. The summed E-state index contributed by atoms with van der Waals surface area (Å²) in [5.41, 5.74) is 6.29. The van der Waals surface area contributed by atoms with Gasteiger partial charge in [-0.1, -0.05) is 38.9 Å². The van der Waals surface area contributed by atoms with Gasteiger partial charge in [-0.3, -0.25) is 4.79 Å². The molecule has 0 aromatic heterocycles. The molecule has 0 aliphatic carbocycles. The molecule has 116 valence electrons. The first-order chi connectivity index (χ1) is 9.99. The van der Waals surface area contributed by atoms with E-state index in [2.05, 4.69) is 19.2 Å². The number of carbonyl (C=O) groups excluding carboxylic acids is 1. The number of thiocarbonyl (C=S) groups is 1. The van der Waals surface area contributed by atoms with Crippen molar-refractivity contribution in [3.63, 3.8) is 0 Å². The van der Waals surface area contributed by atoms with E-state index in [1.54, 1.807) is 24.3 Å². The highest BCUT2D eigenvalue weighted by molar-refractivity contribution is 7.80. The highest BCUT2D eigenvalue weighted by Gasteiger charge is 2.03. The molecule has 0 saturated heterocycles. The van der Waals surface area contributed by atoms with Crippen molar-refractivity contribution in [2.75, 3.05) is 13.2 Å². The van der Waals surface area contributed by atoms with E-state index >= 15 is 0 Å². The molecule has 0 heterocycles. The van der Waals surface area contributed by atoms with E-state index in [4.69, 9.17) is 22.7 Å². The van der Waals surface area contributed by atoms with Gasteiger partial charge in [-0.15, -0.1) is 0 Å². The number of nitrogens with one attached hydrogen (secondary N) is 1. The van der Waals surface area contributed by atoms with E-state index in [0.717, 1.165) is 18.4 Å². The molecule has 5 heteroatoms. The Morgan fingerprint density at radius 3 is 2.52 bits per heavy atom. The molecule has 1 amide bonds. The minimum absolute atomic E-state index is 0.0244. The van der Waals surface area contributed by atoms with Crippen LogP contribution < -0.4 is 15.8 Å². The Bertz CT molecular complexity index is 458. The van der Waals surface area contributed by atoms with Gasteiger partial charge in [0.25, 0.3) is 5.91 Å². The molecule has 4 nitrogen and oxygen atoms in total. The van der Waals surface area contributed by atoms with Crippen LogP contribution in [-0.4, -0.2) is 24.0 Å². The summed E-state index contributed by atoms with van der Waals surface area (Å²) in [6.45, 7) is 5.13. The van der Waals surface area contributed by atoms with Crippen LogP contribution >= 0.6 is 12.2 Å². The minimum atomic E-state index is -0.0991. The number of benzene rings is 1. The van der Waals surface area contributed by atoms with E-state index in [-0.39, 0.29) is 12.5 Å². The minimum Gasteiger partial charge on any atom is -0.484 e. The van der Waals surface area contributed by atoms with Crippen molar-refractivity contribution in [2.24, 2.45) is 11.7 Å². The smallest absolute Gasteiger partial charge is 0.257 e. The number of nitrogens with two attached hydrogens (primary N) is 1. The first-order valence-electron chi connectivity index (χ1n) is 7.28. The molecule has 3 N–H and O–H groups in total. The SMILES string of the molecule is CC(C)CCCCNC(=O)COc1ccc(C(N)=S)cc1. The van der Waals surface area contributed by atoms with Crippen LogP contribution in [0.5, 0.6) is 5.75 Å². The fourth-order valence-electron chi connectivity index (χ4n) is 1.82. The van der Waals surface area contributed by atoms with E-state index in [1.807, 2.05) is 0 Å². The summed E-state index contributed by atoms with van der Waals surface area (Å²) >= 11 is 4.87. The zero-order valence-electron chi connectivity index (χ0n) is 12.7. The fraction of sp³-hybridized carbons (Fsp3) is 0.500. The summed E-state index contributed by atoms with van der Waals surface area (Å²) in [5.74, 6) is 1.25. The highest BCUT2D eigenvalue weighted by atomic mass is 32.1. The average molecular weight is 308 g/mol. The Morgan fingerprint density at radius 2 is 1.95 bits per heavy atom. The first-order valence-corrected chi connectivity index (χ1v) is 7.69. The van der Waals surface area contributed by atoms with Crippen LogP contribution in [-0.2, 0) is 4.79 Å². The van der Waals surface area contributed by atoms with Gasteiger partial charge in [-0.25, -0.2) is 0 Å². The molecule has 0 aliphatic rings. The number of rotatable bonds is 9. The predicted octanol–water partition coefficient (Wildman–Crippen LogP) is 2.64. The fourth-order valence-corrected chi connectivity index (χ4v) is 1.96. The average Bonchev–Trinajstić information content (AvgIpc) is 2.44. The van der Waals surface area contributed by atoms with Gasteiger partial charge in [0.15, 0.2) is 6.61 Å². The van der Waals surface area contributed by atoms with Gasteiger partial charge in [0.05, 0.1) is 0 Å². The van der Waals surface area contributed by atoms with E-state index < -0.39 is 0 Å². The Balaban J connectivity index is 2.19.